The van der Waals surface area contributed by atoms with Crippen molar-refractivity contribution in [3.63, 3.8) is 0 Å². The maximum atomic E-state index is 13.0. The summed E-state index contributed by atoms with van der Waals surface area (Å²) >= 11 is 0. The van der Waals surface area contributed by atoms with E-state index in [9.17, 15) is 34.7 Å². The number of H-pyrrole nitrogens is 1. The lowest BCUT2D eigenvalue weighted by molar-refractivity contribution is -0.0551. The number of phosphoric acid groups is 1. The maximum Gasteiger partial charge on any atom is 0.472 e. The first kappa shape index (κ1) is 28.5. The molecule has 10 N–H and O–H groups in total. The van der Waals surface area contributed by atoms with Crippen LogP contribution in [0.25, 0.3) is 16.8 Å². The van der Waals surface area contributed by atoms with Crippen LogP contribution in [-0.4, -0.2) is 114 Å². The highest BCUT2D eigenvalue weighted by Gasteiger charge is 2.50. The van der Waals surface area contributed by atoms with Crippen LogP contribution >= 0.6 is 7.82 Å². The zero-order valence-electron chi connectivity index (χ0n) is 21.2. The molecule has 6 rings (SSSR count). The van der Waals surface area contributed by atoms with Gasteiger partial charge < -0.3 is 46.3 Å². The van der Waals surface area contributed by atoms with Gasteiger partial charge in [-0.25, -0.2) is 24.0 Å². The number of nitrogens with one attached hydrogen (secondary N) is 1. The van der Waals surface area contributed by atoms with Crippen LogP contribution in [0.4, 0.5) is 11.8 Å². The number of ether oxygens (including phenoxy) is 2. The molecule has 0 saturated carbocycles. The summed E-state index contributed by atoms with van der Waals surface area (Å²) < 4.78 is 37.0. The van der Waals surface area contributed by atoms with Gasteiger partial charge in [0.05, 0.1) is 31.4 Å². The van der Waals surface area contributed by atoms with Crippen LogP contribution in [0.2, 0.25) is 0 Å². The van der Waals surface area contributed by atoms with Gasteiger partial charge in [0.2, 0.25) is 5.95 Å². The lowest BCUT2D eigenvalue weighted by Gasteiger charge is -2.24. The van der Waals surface area contributed by atoms with Crippen molar-refractivity contribution in [2.24, 2.45) is 0 Å². The van der Waals surface area contributed by atoms with Gasteiger partial charge in [-0.05, 0) is 0 Å². The highest BCUT2D eigenvalue weighted by molar-refractivity contribution is 7.47. The molecular weight excluding hydrogens is 587 g/mol. The number of aliphatic hydroxyl groups excluding tert-OH is 4. The van der Waals surface area contributed by atoms with E-state index in [0.717, 1.165) is 17.2 Å². The molecule has 0 radical (unpaired) electrons. The van der Waals surface area contributed by atoms with Crippen LogP contribution in [0.15, 0.2) is 23.6 Å². The number of aromatic nitrogens is 8. The fourth-order valence-corrected chi connectivity index (χ4v) is 5.80. The van der Waals surface area contributed by atoms with Crippen LogP contribution in [0, 0.1) is 0 Å². The van der Waals surface area contributed by atoms with Crippen LogP contribution in [-0.2, 0) is 23.1 Å². The summed E-state index contributed by atoms with van der Waals surface area (Å²) in [4.78, 5) is 40.8. The van der Waals surface area contributed by atoms with E-state index < -0.39 is 75.6 Å². The molecular formula is C20H25N10O11P. The highest BCUT2D eigenvalue weighted by atomic mass is 31.2. The summed E-state index contributed by atoms with van der Waals surface area (Å²) in [5.41, 5.74) is 10.9. The zero-order chi connectivity index (χ0) is 29.9. The molecule has 4 aromatic heterocycles. The first-order valence-corrected chi connectivity index (χ1v) is 13.8. The third-order valence-electron chi connectivity index (χ3n) is 6.89. The molecule has 2 aliphatic rings. The third kappa shape index (κ3) is 4.80. The lowest BCUT2D eigenvalue weighted by atomic mass is 10.1. The molecule has 1 unspecified atom stereocenters. The molecule has 6 heterocycles. The average molecular weight is 612 g/mol. The lowest BCUT2D eigenvalue weighted by Crippen LogP contribution is -2.36. The molecule has 2 fully saturated rings. The van der Waals surface area contributed by atoms with E-state index in [1.807, 2.05) is 0 Å². The van der Waals surface area contributed by atoms with Crippen molar-refractivity contribution in [1.29, 1.82) is 0 Å². The van der Waals surface area contributed by atoms with E-state index in [0.29, 0.717) is 0 Å². The number of nitrogens with two attached hydrogens (primary N) is 2. The number of imidazole rings is 2. The van der Waals surface area contributed by atoms with Gasteiger partial charge in [-0.3, -0.25) is 23.4 Å². The molecule has 0 bridgehead atoms. The molecule has 2 aliphatic heterocycles. The Bertz CT molecular complexity index is 1730. The van der Waals surface area contributed by atoms with Gasteiger partial charge in [0.15, 0.2) is 28.9 Å². The van der Waals surface area contributed by atoms with Crippen molar-refractivity contribution in [3.05, 3.63) is 34.9 Å². The van der Waals surface area contributed by atoms with Gasteiger partial charge in [0.1, 0.15) is 49.1 Å². The fraction of sp³-hybridized carbons (Fsp3) is 0.500. The summed E-state index contributed by atoms with van der Waals surface area (Å²) in [6.45, 7) is -1.44. The summed E-state index contributed by atoms with van der Waals surface area (Å²) in [5.74, 6) is -0.187. The maximum absolute atomic E-state index is 13.0. The molecule has 22 heteroatoms. The number of hydrogen-bond donors (Lipinski definition) is 8. The Labute approximate surface area is 232 Å². The number of aliphatic hydroxyl groups is 4. The third-order valence-corrected chi connectivity index (χ3v) is 7.87. The smallest absolute Gasteiger partial charge is 0.394 e. The average Bonchev–Trinajstić information content (AvgIpc) is 3.69. The van der Waals surface area contributed by atoms with Gasteiger partial charge in [0, 0.05) is 0 Å². The van der Waals surface area contributed by atoms with Crippen molar-refractivity contribution < 1.29 is 48.4 Å². The summed E-state index contributed by atoms with van der Waals surface area (Å²) in [6, 6.07) is 0. The molecule has 0 aromatic carbocycles. The Hall–Kier alpha value is -3.63. The summed E-state index contributed by atoms with van der Waals surface area (Å²) in [5, 5.41) is 45.5. The Balaban J connectivity index is 1.19. The van der Waals surface area contributed by atoms with Gasteiger partial charge >= 0.3 is 7.82 Å². The first-order valence-electron chi connectivity index (χ1n) is 12.3. The monoisotopic (exact) mass is 612 g/mol. The van der Waals surface area contributed by atoms with E-state index in [1.165, 1.54) is 10.7 Å². The van der Waals surface area contributed by atoms with Gasteiger partial charge in [-0.15, -0.1) is 0 Å². The zero-order valence-corrected chi connectivity index (χ0v) is 22.1. The van der Waals surface area contributed by atoms with Crippen LogP contribution < -0.4 is 17.0 Å². The molecule has 226 valence electrons. The first-order chi connectivity index (χ1) is 20.0. The number of rotatable bonds is 8. The quantitative estimate of drug-likeness (QED) is 0.0888. The normalized spacial score (nSPS) is 31.3. The molecule has 21 nitrogen and oxygen atoms in total. The number of aromatic amines is 1. The Morgan fingerprint density at radius 2 is 1.86 bits per heavy atom. The van der Waals surface area contributed by atoms with E-state index >= 15 is 0 Å². The van der Waals surface area contributed by atoms with Crippen molar-refractivity contribution in [2.45, 2.75) is 49.0 Å². The minimum absolute atomic E-state index is 0.0668. The summed E-state index contributed by atoms with van der Waals surface area (Å²) in [6.07, 6.45) is -7.94. The largest absolute Gasteiger partial charge is 0.472 e. The number of anilines is 2. The van der Waals surface area contributed by atoms with Crippen LogP contribution in [0.3, 0.4) is 0 Å². The number of hydrogen-bond acceptors (Lipinski definition) is 17. The van der Waals surface area contributed by atoms with Crippen LogP contribution in [0.5, 0.6) is 0 Å². The van der Waals surface area contributed by atoms with Gasteiger partial charge in [-0.2, -0.15) is 10.1 Å². The van der Waals surface area contributed by atoms with Gasteiger partial charge in [-0.1, -0.05) is 0 Å². The van der Waals surface area contributed by atoms with Crippen LogP contribution in [0.1, 0.15) is 18.0 Å². The van der Waals surface area contributed by atoms with Crippen molar-refractivity contribution in [3.8, 4) is 0 Å². The second-order valence-electron chi connectivity index (χ2n) is 9.49. The van der Waals surface area contributed by atoms with E-state index in [-0.39, 0.29) is 34.3 Å². The Kier molecular flexibility index (Phi) is 7.17. The molecule has 0 spiro atoms. The standard InChI is InChI=1S/C20H25N10O11P/c21-15-17-23-1-6(30(17)26-4-24-15)13-12(34)10(32)8(39-13)3-38-42(36,37)41-14-11(33)7(2-31)40-19(14)29-5-25-9-16(29)27-20(22)28-18(9)35/h1,4-5,7-8,10-14,19,31-34H,2-3H2,(H,36,37)(H2,21,24,26)(H3,22,27,28,35)/t7-,8-,10-,11-,12-,13+,14-,19-/m1/s1. The molecule has 0 aliphatic carbocycles. The van der Waals surface area contributed by atoms with E-state index in [4.69, 9.17) is 30.0 Å². The molecule has 4 aromatic rings. The number of nitrogens with zero attached hydrogens (tertiary/aromatic N) is 7. The Morgan fingerprint density at radius 3 is 2.62 bits per heavy atom. The van der Waals surface area contributed by atoms with Crippen molar-refractivity contribution in [1.82, 2.24) is 39.1 Å². The van der Waals surface area contributed by atoms with Crippen molar-refractivity contribution in [2.75, 3.05) is 24.7 Å². The van der Waals surface area contributed by atoms with E-state index in [2.05, 4.69) is 30.0 Å². The van der Waals surface area contributed by atoms with E-state index in [1.54, 1.807) is 0 Å². The molecule has 0 amide bonds. The molecule has 42 heavy (non-hydrogen) atoms. The predicted octanol–water partition coefficient (Wildman–Crippen LogP) is -3.66. The topological polar surface area (TPSA) is 314 Å². The second-order valence-corrected chi connectivity index (χ2v) is 10.9. The SMILES string of the molecule is Nc1nc2c(ncn2[C@@H]2O[C@H](CO)[C@@H](O)[C@H]2OP(=O)(O)OC[C@H]2O[C@@H](c3cnc4c(N)ncnn34)[C@H](O)[C@@H]2O)c(=O)[nH]1. The number of fused-ring (bicyclic) bond motifs is 2. The molecule has 2 saturated heterocycles. The van der Waals surface area contributed by atoms with Crippen molar-refractivity contribution >= 4 is 36.4 Å². The number of nitrogen functional groups attached to an aromatic ring is 2. The predicted molar refractivity (Wildman–Crippen MR) is 135 cm³/mol. The molecule has 9 atom stereocenters. The number of phosphoric ester groups is 1. The fourth-order valence-electron chi connectivity index (χ4n) is 4.86. The second kappa shape index (κ2) is 10.6. The minimum atomic E-state index is -5.05. The summed E-state index contributed by atoms with van der Waals surface area (Å²) in [7, 11) is -5.05. The highest BCUT2D eigenvalue weighted by Crippen LogP contribution is 2.50. The Morgan fingerprint density at radius 1 is 1.07 bits per heavy atom. The van der Waals surface area contributed by atoms with Gasteiger partial charge in [0.25, 0.3) is 5.56 Å². The minimum Gasteiger partial charge on any atom is -0.394 e.